The maximum Gasteiger partial charge on any atom is 0.324 e. The molecule has 1 aromatic heterocycles. The molecule has 6 nitrogen and oxygen atoms in total. The van der Waals surface area contributed by atoms with Gasteiger partial charge in [-0.2, -0.15) is 0 Å². The second-order valence-corrected chi connectivity index (χ2v) is 11.3. The van der Waals surface area contributed by atoms with Gasteiger partial charge < -0.3 is 10.2 Å². The molecule has 0 bridgehead atoms. The number of nitrogens with one attached hydrogen (secondary N) is 2. The van der Waals surface area contributed by atoms with Crippen LogP contribution in [0.1, 0.15) is 69.8 Å². The summed E-state index contributed by atoms with van der Waals surface area (Å²) in [5, 5.41) is 6.63. The fraction of sp³-hybridized carbons (Fsp3) is 0.560. The lowest BCUT2D eigenvalue weighted by molar-refractivity contribution is -0.118. The van der Waals surface area contributed by atoms with E-state index in [2.05, 4.69) is 20.5 Å². The van der Waals surface area contributed by atoms with Crippen molar-refractivity contribution >= 4 is 40.2 Å². The highest BCUT2D eigenvalue weighted by Crippen LogP contribution is 2.32. The van der Waals surface area contributed by atoms with Gasteiger partial charge in [-0.15, -0.1) is 11.8 Å². The van der Waals surface area contributed by atoms with Crippen molar-refractivity contribution in [2.45, 2.75) is 87.0 Å². The van der Waals surface area contributed by atoms with Gasteiger partial charge >= 0.3 is 6.03 Å². The fourth-order valence-electron chi connectivity index (χ4n) is 4.87. The fourth-order valence-corrected chi connectivity index (χ4v) is 6.56. The van der Waals surface area contributed by atoms with E-state index in [-0.39, 0.29) is 11.9 Å². The lowest BCUT2D eigenvalue weighted by Gasteiger charge is -2.41. The number of urea groups is 1. The van der Waals surface area contributed by atoms with Gasteiger partial charge in [0.1, 0.15) is 0 Å². The van der Waals surface area contributed by atoms with E-state index in [1.165, 1.54) is 61.6 Å². The predicted octanol–water partition coefficient (Wildman–Crippen LogP) is 6.05. The Morgan fingerprint density at radius 2 is 1.61 bits per heavy atom. The molecule has 4 rings (SSSR count). The number of hydrogen-bond acceptors (Lipinski definition) is 5. The number of carbonyl (C=O) groups is 2. The smallest absolute Gasteiger partial charge is 0.324 e. The minimum absolute atomic E-state index is 0.000282. The summed E-state index contributed by atoms with van der Waals surface area (Å²) in [6, 6.07) is 10.6. The standard InChI is InChI=1S/C25H34N4O2S2/c30-22(26-16-19-10-4-1-5-11-19)18-32-23-17-27-24(33-23)28-25(31)29(20-12-6-2-7-13-20)21-14-8-3-9-15-21/h1,4-5,10-11,17,20-21H,2-3,6-9,12-16,18H2,(H,26,30)(H,27,28,31). The third-order valence-corrected chi connectivity index (χ3v) is 8.65. The summed E-state index contributed by atoms with van der Waals surface area (Å²) in [7, 11) is 0. The first-order valence-corrected chi connectivity index (χ1v) is 14.0. The molecule has 0 atom stereocenters. The van der Waals surface area contributed by atoms with Crippen LogP contribution >= 0.6 is 23.1 Å². The SMILES string of the molecule is O=C(CSc1cnc(NC(=O)N(C2CCCCC2)C2CCCCC2)s1)NCc1ccccc1. The predicted molar refractivity (Wildman–Crippen MR) is 136 cm³/mol. The van der Waals surface area contributed by atoms with E-state index in [0.717, 1.165) is 35.5 Å². The summed E-state index contributed by atoms with van der Waals surface area (Å²) in [5.74, 6) is 0.321. The number of rotatable bonds is 8. The van der Waals surface area contributed by atoms with Gasteiger partial charge in [0.25, 0.3) is 0 Å². The van der Waals surface area contributed by atoms with Crippen LogP contribution in [0.4, 0.5) is 9.93 Å². The molecule has 3 amide bonds. The summed E-state index contributed by atoms with van der Waals surface area (Å²) in [5.41, 5.74) is 1.08. The molecule has 0 aliphatic heterocycles. The quantitative estimate of drug-likeness (QED) is 0.445. The van der Waals surface area contributed by atoms with Gasteiger partial charge in [-0.3, -0.25) is 10.1 Å². The van der Waals surface area contributed by atoms with E-state index in [9.17, 15) is 9.59 Å². The van der Waals surface area contributed by atoms with Crippen molar-refractivity contribution in [3.8, 4) is 0 Å². The zero-order chi connectivity index (χ0) is 22.9. The number of thioether (sulfide) groups is 1. The number of anilines is 1. The van der Waals surface area contributed by atoms with Crippen molar-refractivity contribution in [2.24, 2.45) is 0 Å². The van der Waals surface area contributed by atoms with Crippen LogP contribution in [0.2, 0.25) is 0 Å². The number of aromatic nitrogens is 1. The number of amides is 3. The minimum atomic E-state index is -0.0105. The van der Waals surface area contributed by atoms with Crippen LogP contribution < -0.4 is 10.6 Å². The number of thiazole rings is 1. The van der Waals surface area contributed by atoms with Crippen LogP contribution in [0.5, 0.6) is 0 Å². The molecule has 33 heavy (non-hydrogen) atoms. The second-order valence-electron chi connectivity index (χ2n) is 8.96. The van der Waals surface area contributed by atoms with Crippen molar-refractivity contribution in [1.29, 1.82) is 0 Å². The Bertz CT molecular complexity index is 875. The first-order valence-electron chi connectivity index (χ1n) is 12.2. The van der Waals surface area contributed by atoms with Crippen molar-refractivity contribution in [3.63, 3.8) is 0 Å². The van der Waals surface area contributed by atoms with Crippen LogP contribution in [0.15, 0.2) is 40.7 Å². The molecule has 178 valence electrons. The van der Waals surface area contributed by atoms with Gasteiger partial charge in [-0.25, -0.2) is 9.78 Å². The van der Waals surface area contributed by atoms with Gasteiger partial charge in [-0.05, 0) is 31.2 Å². The molecule has 0 spiro atoms. The van der Waals surface area contributed by atoms with E-state index >= 15 is 0 Å². The van der Waals surface area contributed by atoms with Crippen molar-refractivity contribution in [2.75, 3.05) is 11.1 Å². The Morgan fingerprint density at radius 3 is 2.24 bits per heavy atom. The van der Waals surface area contributed by atoms with Crippen molar-refractivity contribution in [3.05, 3.63) is 42.1 Å². The molecule has 2 saturated carbocycles. The lowest BCUT2D eigenvalue weighted by Crippen LogP contribution is -2.50. The Balaban J connectivity index is 1.28. The largest absolute Gasteiger partial charge is 0.351 e. The highest BCUT2D eigenvalue weighted by molar-refractivity contribution is 8.01. The second kappa shape index (κ2) is 12.4. The number of hydrogen-bond donors (Lipinski definition) is 2. The average Bonchev–Trinajstić information content (AvgIpc) is 3.31. The normalized spacial score (nSPS) is 17.5. The lowest BCUT2D eigenvalue weighted by atomic mass is 9.89. The van der Waals surface area contributed by atoms with Gasteiger partial charge in [-0.1, -0.05) is 80.2 Å². The molecule has 0 unspecified atom stereocenters. The summed E-state index contributed by atoms with van der Waals surface area (Å²) in [6.07, 6.45) is 13.6. The zero-order valence-electron chi connectivity index (χ0n) is 19.1. The molecule has 2 aliphatic carbocycles. The molecule has 2 N–H and O–H groups in total. The van der Waals surface area contributed by atoms with E-state index in [1.807, 2.05) is 30.3 Å². The topological polar surface area (TPSA) is 74.3 Å². The van der Waals surface area contributed by atoms with Crippen LogP contribution in [-0.4, -0.2) is 39.7 Å². The molecule has 2 aromatic rings. The molecule has 1 aromatic carbocycles. The van der Waals surface area contributed by atoms with Gasteiger partial charge in [0.05, 0.1) is 16.2 Å². The van der Waals surface area contributed by atoms with Crippen LogP contribution in [-0.2, 0) is 11.3 Å². The summed E-state index contributed by atoms with van der Waals surface area (Å²) in [4.78, 5) is 32.1. The summed E-state index contributed by atoms with van der Waals surface area (Å²) >= 11 is 2.90. The van der Waals surface area contributed by atoms with E-state index in [1.54, 1.807) is 6.20 Å². The van der Waals surface area contributed by atoms with Crippen molar-refractivity contribution < 1.29 is 9.59 Å². The molecule has 2 fully saturated rings. The van der Waals surface area contributed by atoms with Gasteiger partial charge in [0.15, 0.2) is 5.13 Å². The first-order chi connectivity index (χ1) is 16.2. The Morgan fingerprint density at radius 1 is 0.970 bits per heavy atom. The molecule has 8 heteroatoms. The van der Waals surface area contributed by atoms with Crippen LogP contribution in [0, 0.1) is 0 Å². The molecule has 2 aliphatic rings. The maximum absolute atomic E-state index is 13.3. The average molecular weight is 487 g/mol. The number of carbonyl (C=O) groups excluding carboxylic acids is 2. The summed E-state index contributed by atoms with van der Waals surface area (Å²) < 4.78 is 0.932. The first kappa shape index (κ1) is 24.1. The summed E-state index contributed by atoms with van der Waals surface area (Å²) in [6.45, 7) is 0.530. The molecular weight excluding hydrogens is 452 g/mol. The van der Waals surface area contributed by atoms with Crippen LogP contribution in [0.25, 0.3) is 0 Å². The van der Waals surface area contributed by atoms with E-state index in [0.29, 0.717) is 29.5 Å². The van der Waals surface area contributed by atoms with Crippen LogP contribution in [0.3, 0.4) is 0 Å². The molecule has 0 radical (unpaired) electrons. The Labute approximate surface area is 204 Å². The van der Waals surface area contributed by atoms with Gasteiger partial charge in [0, 0.05) is 18.6 Å². The third-order valence-electron chi connectivity index (χ3n) is 6.55. The molecule has 1 heterocycles. The minimum Gasteiger partial charge on any atom is -0.351 e. The molecular formula is C25H34N4O2S2. The van der Waals surface area contributed by atoms with E-state index in [4.69, 9.17) is 0 Å². The molecule has 0 saturated heterocycles. The number of benzene rings is 1. The third kappa shape index (κ3) is 7.21. The Kier molecular flexibility index (Phi) is 9.06. The van der Waals surface area contributed by atoms with Gasteiger partial charge in [0.2, 0.25) is 5.91 Å². The van der Waals surface area contributed by atoms with Crippen molar-refractivity contribution in [1.82, 2.24) is 15.2 Å². The highest BCUT2D eigenvalue weighted by Gasteiger charge is 2.32. The number of nitrogens with zero attached hydrogens (tertiary/aromatic N) is 2. The highest BCUT2D eigenvalue weighted by atomic mass is 32.2. The Hall–Kier alpha value is -2.06. The maximum atomic E-state index is 13.3. The zero-order valence-corrected chi connectivity index (χ0v) is 20.8. The van der Waals surface area contributed by atoms with E-state index < -0.39 is 0 Å². The monoisotopic (exact) mass is 486 g/mol.